The standard InChI is InChI=1S/C21H24N2O3S2/c1-4-27-17-8-5-15(6-9-17)13-20(24)22-21-23(11-12-25-2)18-10-7-16(26-3)14-19(18)28-21/h5-10,14H,4,11-13H2,1-3H3. The van der Waals surface area contributed by atoms with Gasteiger partial charge in [0, 0.05) is 18.6 Å². The van der Waals surface area contributed by atoms with E-state index in [1.165, 1.54) is 16.2 Å². The number of hydrogen-bond acceptors (Lipinski definition) is 5. The van der Waals surface area contributed by atoms with Gasteiger partial charge in [-0.1, -0.05) is 30.4 Å². The van der Waals surface area contributed by atoms with Gasteiger partial charge in [0.15, 0.2) is 4.80 Å². The van der Waals surface area contributed by atoms with Crippen LogP contribution in [0.5, 0.6) is 5.75 Å². The second-order valence-electron chi connectivity index (χ2n) is 6.12. The molecule has 28 heavy (non-hydrogen) atoms. The minimum atomic E-state index is -0.152. The van der Waals surface area contributed by atoms with E-state index in [4.69, 9.17) is 9.47 Å². The summed E-state index contributed by atoms with van der Waals surface area (Å²) in [7, 11) is 3.31. The Labute approximate surface area is 173 Å². The number of carbonyl (C=O) groups excluding carboxylic acids is 1. The van der Waals surface area contributed by atoms with Gasteiger partial charge in [0.05, 0.1) is 30.4 Å². The summed E-state index contributed by atoms with van der Waals surface area (Å²) in [6, 6.07) is 14.0. The van der Waals surface area contributed by atoms with Crippen molar-refractivity contribution in [3.63, 3.8) is 0 Å². The van der Waals surface area contributed by atoms with Crippen LogP contribution in [0.4, 0.5) is 0 Å². The van der Waals surface area contributed by atoms with Crippen LogP contribution < -0.4 is 9.54 Å². The molecule has 0 aliphatic heterocycles. The summed E-state index contributed by atoms with van der Waals surface area (Å²) in [5.74, 6) is 1.67. The van der Waals surface area contributed by atoms with Crippen molar-refractivity contribution in [2.75, 3.05) is 26.6 Å². The number of carbonyl (C=O) groups is 1. The Morgan fingerprint density at radius 3 is 2.64 bits per heavy atom. The van der Waals surface area contributed by atoms with Crippen LogP contribution in [-0.4, -0.2) is 37.1 Å². The smallest absolute Gasteiger partial charge is 0.252 e. The highest BCUT2D eigenvalue weighted by atomic mass is 32.2. The van der Waals surface area contributed by atoms with Crippen LogP contribution in [0.2, 0.25) is 0 Å². The molecule has 7 heteroatoms. The molecule has 0 saturated heterocycles. The quantitative estimate of drug-likeness (QED) is 0.518. The van der Waals surface area contributed by atoms with Gasteiger partial charge in [-0.15, -0.1) is 11.8 Å². The fourth-order valence-corrected chi connectivity index (χ4v) is 4.62. The number of amides is 1. The third-order valence-electron chi connectivity index (χ3n) is 4.22. The molecule has 0 aliphatic rings. The zero-order chi connectivity index (χ0) is 19.9. The fourth-order valence-electron chi connectivity index (χ4n) is 2.86. The molecule has 3 aromatic rings. The van der Waals surface area contributed by atoms with Gasteiger partial charge in [-0.25, -0.2) is 0 Å². The predicted octanol–water partition coefficient (Wildman–Crippen LogP) is 4.14. The summed E-state index contributed by atoms with van der Waals surface area (Å²) in [6.07, 6.45) is 0.291. The number of thioether (sulfide) groups is 1. The first kappa shape index (κ1) is 20.6. The van der Waals surface area contributed by atoms with Crippen molar-refractivity contribution >= 4 is 39.2 Å². The van der Waals surface area contributed by atoms with Gasteiger partial charge in [0.2, 0.25) is 0 Å². The Morgan fingerprint density at radius 2 is 1.96 bits per heavy atom. The molecule has 1 aromatic heterocycles. The second kappa shape index (κ2) is 9.91. The van der Waals surface area contributed by atoms with Crippen LogP contribution in [0.15, 0.2) is 52.4 Å². The van der Waals surface area contributed by atoms with Crippen molar-refractivity contribution in [1.29, 1.82) is 0 Å². The number of benzene rings is 2. The Hall–Kier alpha value is -2.09. The maximum atomic E-state index is 12.6. The van der Waals surface area contributed by atoms with Gasteiger partial charge >= 0.3 is 0 Å². The Bertz CT molecular complexity index is 1010. The van der Waals surface area contributed by atoms with Crippen molar-refractivity contribution in [1.82, 2.24) is 4.57 Å². The lowest BCUT2D eigenvalue weighted by atomic mass is 10.1. The maximum Gasteiger partial charge on any atom is 0.252 e. The minimum absolute atomic E-state index is 0.152. The van der Waals surface area contributed by atoms with Crippen LogP contribution in [-0.2, 0) is 22.5 Å². The molecule has 0 N–H and O–H groups in total. The number of hydrogen-bond donors (Lipinski definition) is 0. The van der Waals surface area contributed by atoms with Gasteiger partial charge in [0.1, 0.15) is 5.75 Å². The first-order valence-corrected chi connectivity index (χ1v) is 10.9. The lowest BCUT2D eigenvalue weighted by Crippen LogP contribution is -2.19. The molecule has 0 atom stereocenters. The summed E-state index contributed by atoms with van der Waals surface area (Å²) in [5, 5.41) is 0. The lowest BCUT2D eigenvalue weighted by Gasteiger charge is -2.05. The van der Waals surface area contributed by atoms with E-state index >= 15 is 0 Å². The summed E-state index contributed by atoms with van der Waals surface area (Å²) in [5.41, 5.74) is 2.00. The monoisotopic (exact) mass is 416 g/mol. The van der Waals surface area contributed by atoms with Crippen molar-refractivity contribution in [3.05, 3.63) is 52.8 Å². The molecule has 0 unspecified atom stereocenters. The summed E-state index contributed by atoms with van der Waals surface area (Å²) < 4.78 is 13.6. The van der Waals surface area contributed by atoms with E-state index in [1.807, 2.05) is 34.9 Å². The maximum absolute atomic E-state index is 12.6. The van der Waals surface area contributed by atoms with Crippen LogP contribution in [0, 0.1) is 0 Å². The molecule has 148 valence electrons. The van der Waals surface area contributed by atoms with Gasteiger partial charge in [-0.3, -0.25) is 4.79 Å². The first-order valence-electron chi connectivity index (χ1n) is 9.10. The van der Waals surface area contributed by atoms with Gasteiger partial charge in [0.25, 0.3) is 5.91 Å². The minimum Gasteiger partial charge on any atom is -0.497 e. The number of methoxy groups -OCH3 is 2. The number of ether oxygens (including phenoxy) is 2. The highest BCUT2D eigenvalue weighted by Crippen LogP contribution is 2.23. The lowest BCUT2D eigenvalue weighted by molar-refractivity contribution is -0.117. The van der Waals surface area contributed by atoms with Crippen LogP contribution in [0.25, 0.3) is 10.2 Å². The molecule has 0 fully saturated rings. The topological polar surface area (TPSA) is 52.8 Å². The van der Waals surface area contributed by atoms with Gasteiger partial charge in [-0.05, 0) is 41.6 Å². The summed E-state index contributed by atoms with van der Waals surface area (Å²) >= 11 is 3.28. The number of nitrogens with zero attached hydrogens (tertiary/aromatic N) is 2. The summed E-state index contributed by atoms with van der Waals surface area (Å²) in [4.78, 5) is 18.9. The van der Waals surface area contributed by atoms with Crippen LogP contribution >= 0.6 is 23.1 Å². The van der Waals surface area contributed by atoms with E-state index in [0.29, 0.717) is 24.4 Å². The first-order chi connectivity index (χ1) is 13.6. The largest absolute Gasteiger partial charge is 0.497 e. The Kier molecular flexibility index (Phi) is 7.30. The van der Waals surface area contributed by atoms with E-state index in [9.17, 15) is 4.79 Å². The molecule has 0 aliphatic carbocycles. The third-order valence-corrected chi connectivity index (χ3v) is 6.15. The number of fused-ring (bicyclic) bond motifs is 1. The van der Waals surface area contributed by atoms with E-state index in [-0.39, 0.29) is 5.91 Å². The average Bonchev–Trinajstić information content (AvgIpc) is 3.03. The molecule has 0 spiro atoms. The van der Waals surface area contributed by atoms with E-state index in [1.54, 1.807) is 26.0 Å². The van der Waals surface area contributed by atoms with Crippen molar-refractivity contribution in [2.24, 2.45) is 4.99 Å². The average molecular weight is 417 g/mol. The van der Waals surface area contributed by atoms with E-state index in [0.717, 1.165) is 27.3 Å². The number of thiazole rings is 1. The molecule has 1 amide bonds. The van der Waals surface area contributed by atoms with Crippen molar-refractivity contribution in [2.45, 2.75) is 24.8 Å². The molecular formula is C21H24N2O3S2. The highest BCUT2D eigenvalue weighted by molar-refractivity contribution is 7.99. The number of aromatic nitrogens is 1. The zero-order valence-corrected chi connectivity index (χ0v) is 17.9. The molecule has 0 radical (unpaired) electrons. The molecule has 1 heterocycles. The highest BCUT2D eigenvalue weighted by Gasteiger charge is 2.10. The molecule has 2 aromatic carbocycles. The molecule has 0 bridgehead atoms. The Balaban J connectivity index is 1.89. The van der Waals surface area contributed by atoms with Crippen LogP contribution in [0.1, 0.15) is 12.5 Å². The van der Waals surface area contributed by atoms with Gasteiger partial charge < -0.3 is 14.0 Å². The normalized spacial score (nSPS) is 11.9. The SMILES string of the molecule is CCSc1ccc(CC(=O)N=c2sc3cc(OC)ccc3n2CCOC)cc1. The van der Waals surface area contributed by atoms with Crippen molar-refractivity contribution in [3.8, 4) is 5.75 Å². The molecule has 3 rings (SSSR count). The molecular weight excluding hydrogens is 392 g/mol. The van der Waals surface area contributed by atoms with Gasteiger partial charge in [-0.2, -0.15) is 4.99 Å². The molecule has 0 saturated carbocycles. The molecule has 5 nitrogen and oxygen atoms in total. The predicted molar refractivity (Wildman–Crippen MR) is 115 cm³/mol. The number of rotatable bonds is 8. The fraction of sp³-hybridized carbons (Fsp3) is 0.333. The zero-order valence-electron chi connectivity index (χ0n) is 16.3. The van der Waals surface area contributed by atoms with Crippen molar-refractivity contribution < 1.29 is 14.3 Å². The third kappa shape index (κ3) is 5.04. The summed E-state index contributed by atoms with van der Waals surface area (Å²) in [6.45, 7) is 3.31. The second-order valence-corrected chi connectivity index (χ2v) is 8.47. The Morgan fingerprint density at radius 1 is 1.18 bits per heavy atom. The van der Waals surface area contributed by atoms with E-state index in [2.05, 4.69) is 24.0 Å². The van der Waals surface area contributed by atoms with E-state index < -0.39 is 0 Å². The van der Waals surface area contributed by atoms with Crippen LogP contribution in [0.3, 0.4) is 0 Å².